The van der Waals surface area contributed by atoms with Crippen molar-refractivity contribution in [3.63, 3.8) is 0 Å². The number of amides is 2. The van der Waals surface area contributed by atoms with Gasteiger partial charge in [0.1, 0.15) is 0 Å². The fraction of sp³-hybridized carbons (Fsp3) is 0.611. The highest BCUT2D eigenvalue weighted by atomic mass is 16.3. The van der Waals surface area contributed by atoms with Crippen LogP contribution in [-0.2, 0) is 0 Å². The lowest BCUT2D eigenvalue weighted by Crippen LogP contribution is -2.52. The number of aliphatic hydroxyl groups excluding tert-OH is 1. The first-order chi connectivity index (χ1) is 11.1. The number of hydrogen-bond acceptors (Lipinski definition) is 3. The summed E-state index contributed by atoms with van der Waals surface area (Å²) in [4.78, 5) is 14.6. The third kappa shape index (κ3) is 3.85. The zero-order valence-electron chi connectivity index (χ0n) is 13.7. The van der Waals surface area contributed by atoms with Gasteiger partial charge in [0.05, 0.1) is 24.2 Å². The van der Waals surface area contributed by atoms with E-state index in [2.05, 4.69) is 34.7 Å². The van der Waals surface area contributed by atoms with Gasteiger partial charge in [-0.1, -0.05) is 43.2 Å². The van der Waals surface area contributed by atoms with E-state index in [4.69, 9.17) is 0 Å². The average molecular weight is 317 g/mol. The summed E-state index contributed by atoms with van der Waals surface area (Å²) in [5.74, 6) is 0. The molecule has 3 rings (SSSR count). The van der Waals surface area contributed by atoms with Gasteiger partial charge in [-0.3, -0.25) is 4.90 Å². The lowest BCUT2D eigenvalue weighted by molar-refractivity contribution is 0.0938. The molecule has 5 heteroatoms. The van der Waals surface area contributed by atoms with Crippen molar-refractivity contribution in [2.45, 2.75) is 56.3 Å². The number of urea groups is 1. The molecular weight excluding hydrogens is 290 g/mol. The second-order valence-electron chi connectivity index (χ2n) is 6.81. The Morgan fingerprint density at radius 2 is 1.78 bits per heavy atom. The molecule has 0 bridgehead atoms. The first-order valence-electron chi connectivity index (χ1n) is 8.65. The molecule has 4 atom stereocenters. The van der Waals surface area contributed by atoms with E-state index in [-0.39, 0.29) is 24.2 Å². The summed E-state index contributed by atoms with van der Waals surface area (Å²) in [6.45, 7) is 0.969. The molecule has 1 saturated heterocycles. The Bertz CT molecular complexity index is 522. The quantitative estimate of drug-likeness (QED) is 0.799. The Kier molecular flexibility index (Phi) is 5.18. The van der Waals surface area contributed by atoms with Crippen molar-refractivity contribution in [3.05, 3.63) is 35.9 Å². The molecule has 2 amide bonds. The van der Waals surface area contributed by atoms with Gasteiger partial charge in [-0.2, -0.15) is 0 Å². The van der Waals surface area contributed by atoms with E-state index in [1.54, 1.807) is 0 Å². The molecule has 0 aromatic heterocycles. The third-order valence-electron chi connectivity index (χ3n) is 5.15. The number of hydrogen-bond donors (Lipinski definition) is 3. The number of nitrogens with zero attached hydrogens (tertiary/aromatic N) is 1. The molecule has 1 heterocycles. The van der Waals surface area contributed by atoms with Crippen molar-refractivity contribution in [1.29, 1.82) is 0 Å². The summed E-state index contributed by atoms with van der Waals surface area (Å²) in [5.41, 5.74) is 1.23. The fourth-order valence-corrected chi connectivity index (χ4v) is 3.89. The number of carbonyl (C=O) groups is 1. The monoisotopic (exact) mass is 317 g/mol. The minimum Gasteiger partial charge on any atom is -0.391 e. The van der Waals surface area contributed by atoms with Crippen LogP contribution in [0, 0.1) is 0 Å². The molecule has 1 aromatic carbocycles. The predicted octanol–water partition coefficient (Wildman–Crippen LogP) is 2.03. The second-order valence-corrected chi connectivity index (χ2v) is 6.81. The molecular formula is C18H27N3O2. The highest BCUT2D eigenvalue weighted by Gasteiger charge is 2.34. The molecule has 3 N–H and O–H groups in total. The Labute approximate surface area is 138 Å². The number of rotatable bonds is 3. The molecule has 1 saturated carbocycles. The molecule has 0 radical (unpaired) electrons. The zero-order valence-corrected chi connectivity index (χ0v) is 13.7. The van der Waals surface area contributed by atoms with Gasteiger partial charge in [-0.15, -0.1) is 0 Å². The lowest BCUT2D eigenvalue weighted by atomic mass is 9.93. The van der Waals surface area contributed by atoms with Gasteiger partial charge in [0.2, 0.25) is 0 Å². The van der Waals surface area contributed by atoms with Crippen LogP contribution in [0.1, 0.15) is 43.7 Å². The van der Waals surface area contributed by atoms with Crippen LogP contribution in [0.25, 0.3) is 0 Å². The third-order valence-corrected chi connectivity index (χ3v) is 5.15. The number of likely N-dealkylation sites (N-methyl/N-ethyl adjacent to an activating group) is 1. The Morgan fingerprint density at radius 3 is 2.52 bits per heavy atom. The Morgan fingerprint density at radius 1 is 1.09 bits per heavy atom. The van der Waals surface area contributed by atoms with Crippen LogP contribution in [0.5, 0.6) is 0 Å². The van der Waals surface area contributed by atoms with Gasteiger partial charge in [-0.05, 0) is 31.9 Å². The number of aliphatic hydroxyl groups is 1. The highest BCUT2D eigenvalue weighted by Crippen LogP contribution is 2.30. The van der Waals surface area contributed by atoms with Gasteiger partial charge < -0.3 is 15.7 Å². The molecule has 0 unspecified atom stereocenters. The first kappa shape index (κ1) is 16.3. The summed E-state index contributed by atoms with van der Waals surface area (Å²) in [6.07, 6.45) is 4.29. The van der Waals surface area contributed by atoms with Crippen molar-refractivity contribution in [2.24, 2.45) is 0 Å². The maximum absolute atomic E-state index is 12.3. The van der Waals surface area contributed by atoms with E-state index in [0.29, 0.717) is 0 Å². The molecule has 23 heavy (non-hydrogen) atoms. The smallest absolute Gasteiger partial charge is 0.315 e. The molecule has 126 valence electrons. The predicted molar refractivity (Wildman–Crippen MR) is 90.1 cm³/mol. The average Bonchev–Trinajstić information content (AvgIpc) is 2.91. The van der Waals surface area contributed by atoms with E-state index >= 15 is 0 Å². The van der Waals surface area contributed by atoms with Gasteiger partial charge in [0.15, 0.2) is 0 Å². The van der Waals surface area contributed by atoms with Gasteiger partial charge >= 0.3 is 6.03 Å². The van der Waals surface area contributed by atoms with Gasteiger partial charge in [0, 0.05) is 6.54 Å². The highest BCUT2D eigenvalue weighted by molar-refractivity contribution is 5.74. The van der Waals surface area contributed by atoms with Crippen molar-refractivity contribution >= 4 is 6.03 Å². The summed E-state index contributed by atoms with van der Waals surface area (Å²) < 4.78 is 0. The van der Waals surface area contributed by atoms with Crippen LogP contribution >= 0.6 is 0 Å². The Hall–Kier alpha value is -1.59. The van der Waals surface area contributed by atoms with Gasteiger partial charge in [-0.25, -0.2) is 4.79 Å². The molecule has 2 aliphatic rings. The van der Waals surface area contributed by atoms with Gasteiger partial charge in [0.25, 0.3) is 0 Å². The maximum Gasteiger partial charge on any atom is 0.315 e. The SMILES string of the molecule is CN1CC[C@H](NC(=O)N[C@@H]2CCCC[C@H]2O)[C@H]1c1ccccc1. The van der Waals surface area contributed by atoms with Crippen LogP contribution in [0.3, 0.4) is 0 Å². The minimum atomic E-state index is -0.411. The van der Waals surface area contributed by atoms with E-state index in [9.17, 15) is 9.90 Å². The standard InChI is InChI=1S/C18H27N3O2/c1-21-12-11-15(17(21)13-7-3-2-4-8-13)20-18(23)19-14-9-5-6-10-16(14)22/h2-4,7-8,14-17,22H,5-6,9-12H2,1H3,(H2,19,20,23)/t14-,15+,16-,17-/m1/s1. The summed E-state index contributed by atoms with van der Waals surface area (Å²) in [6, 6.07) is 10.4. The van der Waals surface area contributed by atoms with Crippen molar-refractivity contribution < 1.29 is 9.90 Å². The number of carbonyl (C=O) groups excluding carboxylic acids is 1. The van der Waals surface area contributed by atoms with Crippen molar-refractivity contribution in [1.82, 2.24) is 15.5 Å². The maximum atomic E-state index is 12.3. The van der Waals surface area contributed by atoms with E-state index in [1.165, 1.54) is 5.56 Å². The van der Waals surface area contributed by atoms with E-state index < -0.39 is 6.10 Å². The van der Waals surface area contributed by atoms with E-state index in [1.807, 2.05) is 18.2 Å². The van der Waals surface area contributed by atoms with Crippen LogP contribution in [0.15, 0.2) is 30.3 Å². The van der Waals surface area contributed by atoms with Crippen LogP contribution < -0.4 is 10.6 Å². The molecule has 1 aliphatic heterocycles. The largest absolute Gasteiger partial charge is 0.391 e. The second kappa shape index (κ2) is 7.32. The normalized spacial score (nSPS) is 31.7. The topological polar surface area (TPSA) is 64.6 Å². The van der Waals surface area contributed by atoms with Crippen molar-refractivity contribution in [3.8, 4) is 0 Å². The molecule has 2 fully saturated rings. The molecule has 0 spiro atoms. The lowest BCUT2D eigenvalue weighted by Gasteiger charge is -2.30. The summed E-state index contributed by atoms with van der Waals surface area (Å²) in [5, 5.41) is 16.1. The van der Waals surface area contributed by atoms with E-state index in [0.717, 1.165) is 38.6 Å². The molecule has 5 nitrogen and oxygen atoms in total. The van der Waals surface area contributed by atoms with Crippen LogP contribution in [-0.4, -0.2) is 47.8 Å². The number of benzene rings is 1. The number of nitrogens with one attached hydrogen (secondary N) is 2. The van der Waals surface area contributed by atoms with Crippen LogP contribution in [0.2, 0.25) is 0 Å². The molecule has 1 aromatic rings. The van der Waals surface area contributed by atoms with Crippen LogP contribution in [0.4, 0.5) is 4.79 Å². The number of likely N-dealkylation sites (tertiary alicyclic amines) is 1. The first-order valence-corrected chi connectivity index (χ1v) is 8.65. The fourth-order valence-electron chi connectivity index (χ4n) is 3.89. The zero-order chi connectivity index (χ0) is 16.2. The molecule has 1 aliphatic carbocycles. The summed E-state index contributed by atoms with van der Waals surface area (Å²) >= 11 is 0. The van der Waals surface area contributed by atoms with Crippen molar-refractivity contribution in [2.75, 3.05) is 13.6 Å². The Balaban J connectivity index is 1.61. The summed E-state index contributed by atoms with van der Waals surface area (Å²) in [7, 11) is 2.10. The minimum absolute atomic E-state index is 0.100.